The third kappa shape index (κ3) is 3.77. The summed E-state index contributed by atoms with van der Waals surface area (Å²) >= 11 is 0. The molecule has 0 aliphatic heterocycles. The molecule has 4 aromatic rings. The smallest absolute Gasteiger partial charge is 0.150 e. The zero-order valence-electron chi connectivity index (χ0n) is 14.1. The summed E-state index contributed by atoms with van der Waals surface area (Å²) in [5, 5.41) is 13.2. The van der Waals surface area contributed by atoms with Crippen LogP contribution in [0.2, 0.25) is 0 Å². The molecular formula is C20H15FN4O2. The average Bonchev–Trinajstić information content (AvgIpc) is 2.69. The summed E-state index contributed by atoms with van der Waals surface area (Å²) in [5.74, 6) is 0.394. The predicted molar refractivity (Wildman–Crippen MR) is 99.5 cm³/mol. The van der Waals surface area contributed by atoms with E-state index in [0.717, 1.165) is 5.69 Å². The fourth-order valence-corrected chi connectivity index (χ4v) is 2.60. The maximum atomic E-state index is 14.5. The maximum Gasteiger partial charge on any atom is 0.150 e. The number of benzene rings is 2. The van der Waals surface area contributed by atoms with E-state index in [9.17, 15) is 9.50 Å². The van der Waals surface area contributed by atoms with E-state index >= 15 is 0 Å². The molecule has 7 heteroatoms. The highest BCUT2D eigenvalue weighted by atomic mass is 19.1. The van der Waals surface area contributed by atoms with Crippen LogP contribution >= 0.6 is 0 Å². The predicted octanol–water partition coefficient (Wildman–Crippen LogP) is 4.19. The lowest BCUT2D eigenvalue weighted by Crippen LogP contribution is -2.00. The lowest BCUT2D eigenvalue weighted by Gasteiger charge is -2.11. The topological polar surface area (TPSA) is 80.2 Å². The highest BCUT2D eigenvalue weighted by molar-refractivity contribution is 5.91. The van der Waals surface area contributed by atoms with E-state index in [1.54, 1.807) is 24.4 Å². The Balaban J connectivity index is 1.54. The molecule has 2 N–H and O–H groups in total. The second-order valence-corrected chi connectivity index (χ2v) is 5.80. The van der Waals surface area contributed by atoms with Crippen molar-refractivity contribution in [3.05, 3.63) is 78.6 Å². The van der Waals surface area contributed by atoms with Crippen LogP contribution < -0.4 is 10.1 Å². The fraction of sp³-hybridized carbons (Fsp3) is 0.0500. The summed E-state index contributed by atoms with van der Waals surface area (Å²) < 4.78 is 20.1. The van der Waals surface area contributed by atoms with Gasteiger partial charge in [-0.15, -0.1) is 0 Å². The van der Waals surface area contributed by atoms with Crippen molar-refractivity contribution in [1.29, 1.82) is 0 Å². The molecule has 2 aromatic carbocycles. The van der Waals surface area contributed by atoms with Crippen LogP contribution in [0.4, 0.5) is 15.9 Å². The number of aromatic nitrogens is 3. The van der Waals surface area contributed by atoms with E-state index in [2.05, 4.69) is 20.3 Å². The van der Waals surface area contributed by atoms with Crippen LogP contribution in [0.25, 0.3) is 10.9 Å². The zero-order valence-corrected chi connectivity index (χ0v) is 14.1. The molecule has 134 valence electrons. The zero-order chi connectivity index (χ0) is 18.6. The van der Waals surface area contributed by atoms with Gasteiger partial charge in [0.25, 0.3) is 0 Å². The number of fused-ring (bicyclic) bond motifs is 1. The molecule has 0 aliphatic carbocycles. The first-order chi connectivity index (χ1) is 13.2. The van der Waals surface area contributed by atoms with Crippen LogP contribution in [0, 0.1) is 5.82 Å². The minimum Gasteiger partial charge on any atom is -0.508 e. The lowest BCUT2D eigenvalue weighted by atomic mass is 10.2. The molecule has 0 atom stereocenters. The van der Waals surface area contributed by atoms with Crippen molar-refractivity contribution in [3.63, 3.8) is 0 Å². The van der Waals surface area contributed by atoms with Gasteiger partial charge < -0.3 is 15.2 Å². The van der Waals surface area contributed by atoms with Crippen molar-refractivity contribution in [3.8, 4) is 11.5 Å². The third-order valence-corrected chi connectivity index (χ3v) is 3.93. The van der Waals surface area contributed by atoms with Crippen molar-refractivity contribution in [2.45, 2.75) is 6.61 Å². The van der Waals surface area contributed by atoms with Crippen molar-refractivity contribution in [1.82, 2.24) is 15.0 Å². The van der Waals surface area contributed by atoms with Crippen LogP contribution in [-0.4, -0.2) is 20.1 Å². The van der Waals surface area contributed by atoms with Gasteiger partial charge in [-0.2, -0.15) is 0 Å². The minimum absolute atomic E-state index is 0.0825. The Hall–Kier alpha value is -3.74. The number of pyridine rings is 1. The molecule has 0 saturated heterocycles. The van der Waals surface area contributed by atoms with E-state index in [4.69, 9.17) is 4.74 Å². The van der Waals surface area contributed by atoms with Gasteiger partial charge in [0, 0.05) is 17.6 Å². The second-order valence-electron chi connectivity index (χ2n) is 5.80. The van der Waals surface area contributed by atoms with Crippen LogP contribution in [0.3, 0.4) is 0 Å². The fourth-order valence-electron chi connectivity index (χ4n) is 2.60. The molecule has 2 aromatic heterocycles. The van der Waals surface area contributed by atoms with Crippen LogP contribution in [0.1, 0.15) is 5.69 Å². The Labute approximate surface area is 154 Å². The number of aromatic hydroxyl groups is 1. The van der Waals surface area contributed by atoms with E-state index in [0.29, 0.717) is 22.5 Å². The summed E-state index contributed by atoms with van der Waals surface area (Å²) in [4.78, 5) is 12.4. The Morgan fingerprint density at radius 3 is 2.74 bits per heavy atom. The molecule has 0 bridgehead atoms. The SMILES string of the molecule is Oc1ccc2ncnc(Nc3ccc(OCc4ccccn4)cc3F)c2c1. The highest BCUT2D eigenvalue weighted by Crippen LogP contribution is 2.28. The summed E-state index contributed by atoms with van der Waals surface area (Å²) in [6.07, 6.45) is 3.06. The monoisotopic (exact) mass is 362 g/mol. The van der Waals surface area contributed by atoms with Crippen LogP contribution in [-0.2, 0) is 6.61 Å². The van der Waals surface area contributed by atoms with Gasteiger partial charge in [-0.3, -0.25) is 4.98 Å². The number of phenolic OH excluding ortho intramolecular Hbond substituents is 1. The number of hydrogen-bond donors (Lipinski definition) is 2. The second kappa shape index (κ2) is 7.25. The van der Waals surface area contributed by atoms with Gasteiger partial charge in [-0.05, 0) is 42.5 Å². The van der Waals surface area contributed by atoms with Gasteiger partial charge in [0.15, 0.2) is 0 Å². The summed E-state index contributed by atoms with van der Waals surface area (Å²) in [5.41, 5.74) is 1.64. The van der Waals surface area contributed by atoms with Crippen LogP contribution in [0.5, 0.6) is 11.5 Å². The number of rotatable bonds is 5. The standard InChI is InChI=1S/C20H15FN4O2/c21-17-10-15(27-11-13-3-1-2-8-22-13)5-7-19(17)25-20-16-9-14(26)4-6-18(16)23-12-24-20/h1-10,12,26H,11H2,(H,23,24,25). The van der Waals surface area contributed by atoms with Gasteiger partial charge >= 0.3 is 0 Å². The number of phenols is 1. The molecule has 0 unspecified atom stereocenters. The van der Waals surface area contributed by atoms with E-state index in [1.807, 2.05) is 18.2 Å². The lowest BCUT2D eigenvalue weighted by molar-refractivity contribution is 0.300. The van der Waals surface area contributed by atoms with Gasteiger partial charge in [0.05, 0.1) is 16.9 Å². The molecule has 0 aliphatic rings. The summed E-state index contributed by atoms with van der Waals surface area (Å²) in [7, 11) is 0. The molecule has 0 saturated carbocycles. The van der Waals surface area contributed by atoms with Gasteiger partial charge in [0.1, 0.15) is 36.1 Å². The number of hydrogen-bond acceptors (Lipinski definition) is 6. The quantitative estimate of drug-likeness (QED) is 0.554. The van der Waals surface area contributed by atoms with Crippen molar-refractivity contribution >= 4 is 22.4 Å². The Kier molecular flexibility index (Phi) is 4.49. The third-order valence-electron chi connectivity index (χ3n) is 3.93. The molecule has 2 heterocycles. The number of nitrogens with one attached hydrogen (secondary N) is 1. The molecule has 27 heavy (non-hydrogen) atoms. The highest BCUT2D eigenvalue weighted by Gasteiger charge is 2.09. The van der Waals surface area contributed by atoms with E-state index in [-0.39, 0.29) is 18.0 Å². The first-order valence-electron chi connectivity index (χ1n) is 8.22. The van der Waals surface area contributed by atoms with E-state index in [1.165, 1.54) is 24.5 Å². The van der Waals surface area contributed by atoms with Gasteiger partial charge in [-0.25, -0.2) is 14.4 Å². The van der Waals surface area contributed by atoms with Gasteiger partial charge in [0.2, 0.25) is 0 Å². The normalized spacial score (nSPS) is 10.7. The van der Waals surface area contributed by atoms with Crippen molar-refractivity contribution in [2.24, 2.45) is 0 Å². The number of anilines is 2. The molecule has 0 fully saturated rings. The molecule has 6 nitrogen and oxygen atoms in total. The first-order valence-corrected chi connectivity index (χ1v) is 8.22. The molecule has 0 amide bonds. The summed E-state index contributed by atoms with van der Waals surface area (Å²) in [6.45, 7) is 0.253. The largest absolute Gasteiger partial charge is 0.508 e. The molecule has 0 spiro atoms. The van der Waals surface area contributed by atoms with Crippen molar-refractivity contribution in [2.75, 3.05) is 5.32 Å². The Bertz CT molecular complexity index is 1090. The molecule has 4 rings (SSSR count). The van der Waals surface area contributed by atoms with Crippen LogP contribution in [0.15, 0.2) is 67.1 Å². The maximum absolute atomic E-state index is 14.5. The van der Waals surface area contributed by atoms with Crippen molar-refractivity contribution < 1.29 is 14.2 Å². The first kappa shape index (κ1) is 16.7. The molecule has 0 radical (unpaired) electrons. The summed E-state index contributed by atoms with van der Waals surface area (Å²) in [6, 6.07) is 14.8. The average molecular weight is 362 g/mol. The Morgan fingerprint density at radius 1 is 1.00 bits per heavy atom. The van der Waals surface area contributed by atoms with Gasteiger partial charge in [-0.1, -0.05) is 6.07 Å². The number of ether oxygens (including phenoxy) is 1. The Morgan fingerprint density at radius 2 is 1.93 bits per heavy atom. The van der Waals surface area contributed by atoms with E-state index < -0.39 is 5.82 Å². The molecular weight excluding hydrogens is 347 g/mol. The minimum atomic E-state index is -0.486. The number of nitrogens with zero attached hydrogens (tertiary/aromatic N) is 3. The number of halogens is 1.